The highest BCUT2D eigenvalue weighted by molar-refractivity contribution is 9.10. The molecule has 2 rings (SSSR count). The fourth-order valence-corrected chi connectivity index (χ4v) is 3.18. The first-order valence-corrected chi connectivity index (χ1v) is 8.00. The van der Waals surface area contributed by atoms with Gasteiger partial charge in [-0.2, -0.15) is 5.10 Å². The van der Waals surface area contributed by atoms with E-state index < -0.39 is 0 Å². The summed E-state index contributed by atoms with van der Waals surface area (Å²) in [6.07, 6.45) is 7.38. The molecular weight excluding hydrogens is 330 g/mol. The second-order valence-electron chi connectivity index (χ2n) is 5.15. The van der Waals surface area contributed by atoms with Crippen LogP contribution in [0.3, 0.4) is 0 Å². The van der Waals surface area contributed by atoms with Gasteiger partial charge in [0.1, 0.15) is 0 Å². The summed E-state index contributed by atoms with van der Waals surface area (Å²) in [5.74, 6) is 5.71. The zero-order chi connectivity index (χ0) is 15.2. The Balaban J connectivity index is 2.01. The molecule has 1 atom stereocenters. The van der Waals surface area contributed by atoms with E-state index >= 15 is 0 Å². The van der Waals surface area contributed by atoms with Crippen molar-refractivity contribution in [1.29, 1.82) is 0 Å². The van der Waals surface area contributed by atoms with Crippen LogP contribution in [-0.2, 0) is 26.3 Å². The molecule has 114 valence electrons. The minimum absolute atomic E-state index is 0.210. The third-order valence-electron chi connectivity index (χ3n) is 3.68. The number of aryl methyl sites for hydroxylation is 3. The van der Waals surface area contributed by atoms with E-state index in [0.29, 0.717) is 0 Å². The van der Waals surface area contributed by atoms with E-state index in [0.717, 1.165) is 35.8 Å². The summed E-state index contributed by atoms with van der Waals surface area (Å²) in [5.41, 5.74) is 6.43. The topological polar surface area (TPSA) is 68.8 Å². The summed E-state index contributed by atoms with van der Waals surface area (Å²) >= 11 is 3.65. The van der Waals surface area contributed by atoms with E-state index in [2.05, 4.69) is 44.4 Å². The summed E-state index contributed by atoms with van der Waals surface area (Å²) in [6.45, 7) is 2.11. The van der Waals surface area contributed by atoms with Crippen molar-refractivity contribution in [2.24, 2.45) is 12.9 Å². The Kier molecular flexibility index (Phi) is 5.90. The minimum Gasteiger partial charge on any atom is -0.271 e. The minimum atomic E-state index is 0.210. The fourth-order valence-electron chi connectivity index (χ4n) is 2.41. The molecule has 0 spiro atoms. The van der Waals surface area contributed by atoms with Crippen LogP contribution in [0.5, 0.6) is 0 Å². The van der Waals surface area contributed by atoms with Crippen LogP contribution < -0.4 is 11.3 Å². The van der Waals surface area contributed by atoms with E-state index in [1.807, 2.05) is 24.0 Å². The number of nitrogens with two attached hydrogens (primary N) is 1. The first-order chi connectivity index (χ1) is 10.2. The summed E-state index contributed by atoms with van der Waals surface area (Å²) in [4.78, 5) is 4.14. The number of hydrazine groups is 1. The van der Waals surface area contributed by atoms with Crippen molar-refractivity contribution < 1.29 is 0 Å². The molecule has 0 aliphatic heterocycles. The van der Waals surface area contributed by atoms with Gasteiger partial charge in [-0.05, 0) is 46.8 Å². The van der Waals surface area contributed by atoms with Gasteiger partial charge in [0.2, 0.25) is 0 Å². The van der Waals surface area contributed by atoms with Gasteiger partial charge >= 0.3 is 0 Å². The van der Waals surface area contributed by atoms with E-state index in [1.165, 1.54) is 11.3 Å². The van der Waals surface area contributed by atoms with Gasteiger partial charge in [-0.1, -0.05) is 13.0 Å². The Morgan fingerprint density at radius 2 is 2.29 bits per heavy atom. The summed E-state index contributed by atoms with van der Waals surface area (Å²) in [5, 5.41) is 4.53. The molecule has 3 N–H and O–H groups in total. The van der Waals surface area contributed by atoms with Gasteiger partial charge in [0, 0.05) is 31.9 Å². The van der Waals surface area contributed by atoms with Crippen molar-refractivity contribution in [3.63, 3.8) is 0 Å². The van der Waals surface area contributed by atoms with Crippen LogP contribution in [0.1, 0.15) is 30.3 Å². The van der Waals surface area contributed by atoms with E-state index in [9.17, 15) is 0 Å². The highest BCUT2D eigenvalue weighted by Crippen LogP contribution is 2.23. The molecule has 0 aromatic carbocycles. The number of nitrogens with one attached hydrogen (secondary N) is 1. The lowest BCUT2D eigenvalue weighted by atomic mass is 10.0. The van der Waals surface area contributed by atoms with Gasteiger partial charge in [-0.3, -0.25) is 20.9 Å². The van der Waals surface area contributed by atoms with Crippen molar-refractivity contribution in [2.75, 3.05) is 0 Å². The molecule has 0 aliphatic carbocycles. The second kappa shape index (κ2) is 7.68. The van der Waals surface area contributed by atoms with Crippen molar-refractivity contribution >= 4 is 15.9 Å². The molecule has 0 saturated heterocycles. The van der Waals surface area contributed by atoms with Gasteiger partial charge in [0.25, 0.3) is 0 Å². The molecule has 2 aromatic heterocycles. The van der Waals surface area contributed by atoms with Gasteiger partial charge in [0.15, 0.2) is 0 Å². The Bertz CT molecular complexity index is 567. The lowest BCUT2D eigenvalue weighted by Crippen LogP contribution is -2.37. The van der Waals surface area contributed by atoms with Crippen LogP contribution in [0.25, 0.3) is 0 Å². The predicted octanol–water partition coefficient (Wildman–Crippen LogP) is 2.15. The molecule has 0 aliphatic rings. The maximum atomic E-state index is 5.71. The number of hydrogen-bond acceptors (Lipinski definition) is 4. The van der Waals surface area contributed by atoms with E-state index in [-0.39, 0.29) is 6.04 Å². The van der Waals surface area contributed by atoms with Crippen LogP contribution in [0.15, 0.2) is 29.0 Å². The quantitative estimate of drug-likeness (QED) is 0.592. The largest absolute Gasteiger partial charge is 0.271 e. The number of rotatable bonds is 7. The van der Waals surface area contributed by atoms with Crippen LogP contribution >= 0.6 is 15.9 Å². The zero-order valence-electron chi connectivity index (χ0n) is 12.5. The average Bonchev–Trinajstić information content (AvgIpc) is 2.79. The summed E-state index contributed by atoms with van der Waals surface area (Å²) in [6, 6.07) is 4.27. The number of aromatic nitrogens is 3. The lowest BCUT2D eigenvalue weighted by Gasteiger charge is -2.16. The third kappa shape index (κ3) is 4.12. The lowest BCUT2D eigenvalue weighted by molar-refractivity contribution is 0.477. The SMILES string of the molecule is CCc1nn(C)c(CC(CCc2cccnc2)NN)c1Br. The highest BCUT2D eigenvalue weighted by atomic mass is 79.9. The Labute approximate surface area is 134 Å². The fraction of sp³-hybridized carbons (Fsp3) is 0.467. The van der Waals surface area contributed by atoms with E-state index in [1.54, 1.807) is 6.20 Å². The van der Waals surface area contributed by atoms with Gasteiger partial charge < -0.3 is 0 Å². The highest BCUT2D eigenvalue weighted by Gasteiger charge is 2.17. The second-order valence-corrected chi connectivity index (χ2v) is 5.95. The summed E-state index contributed by atoms with van der Waals surface area (Å²) in [7, 11) is 1.98. The first kappa shape index (κ1) is 16.1. The molecule has 1 unspecified atom stereocenters. The maximum absolute atomic E-state index is 5.71. The molecule has 5 nitrogen and oxygen atoms in total. The number of pyridine rings is 1. The molecule has 0 bridgehead atoms. The Hall–Kier alpha value is -1.24. The van der Waals surface area contributed by atoms with Crippen LogP contribution in [-0.4, -0.2) is 20.8 Å². The van der Waals surface area contributed by atoms with Crippen molar-refractivity contribution in [3.8, 4) is 0 Å². The number of nitrogens with zero attached hydrogens (tertiary/aromatic N) is 3. The van der Waals surface area contributed by atoms with Crippen molar-refractivity contribution in [3.05, 3.63) is 46.0 Å². The van der Waals surface area contributed by atoms with Gasteiger partial charge in [-0.25, -0.2) is 0 Å². The van der Waals surface area contributed by atoms with Gasteiger partial charge in [-0.15, -0.1) is 0 Å². The van der Waals surface area contributed by atoms with Crippen LogP contribution in [0, 0.1) is 0 Å². The first-order valence-electron chi connectivity index (χ1n) is 7.21. The normalized spacial score (nSPS) is 12.6. The Morgan fingerprint density at radius 1 is 1.48 bits per heavy atom. The molecule has 21 heavy (non-hydrogen) atoms. The van der Waals surface area contributed by atoms with Crippen LogP contribution in [0.4, 0.5) is 0 Å². The number of halogens is 1. The molecule has 0 amide bonds. The molecule has 0 radical (unpaired) electrons. The third-order valence-corrected chi connectivity index (χ3v) is 4.60. The monoisotopic (exact) mass is 351 g/mol. The molecule has 0 saturated carbocycles. The van der Waals surface area contributed by atoms with Crippen LogP contribution in [0.2, 0.25) is 0 Å². The maximum Gasteiger partial charge on any atom is 0.0766 e. The summed E-state index contributed by atoms with van der Waals surface area (Å²) < 4.78 is 3.05. The Morgan fingerprint density at radius 3 is 2.86 bits per heavy atom. The molecule has 2 heterocycles. The molecule has 6 heteroatoms. The van der Waals surface area contributed by atoms with Crippen molar-refractivity contribution in [2.45, 2.75) is 38.6 Å². The standard InChI is InChI=1S/C15H22BrN5/c1-3-13-15(16)14(21(2)20-13)9-12(19-17)7-6-11-5-4-8-18-10-11/h4-5,8,10,12,19H,3,6-7,9,17H2,1-2H3. The molecule has 0 fully saturated rings. The zero-order valence-corrected chi connectivity index (χ0v) is 14.1. The van der Waals surface area contributed by atoms with E-state index in [4.69, 9.17) is 5.84 Å². The number of hydrogen-bond donors (Lipinski definition) is 2. The smallest absolute Gasteiger partial charge is 0.0766 e. The molecular formula is C15H22BrN5. The predicted molar refractivity (Wildman–Crippen MR) is 87.7 cm³/mol. The van der Waals surface area contributed by atoms with Gasteiger partial charge in [0.05, 0.1) is 15.9 Å². The van der Waals surface area contributed by atoms with Crippen molar-refractivity contribution in [1.82, 2.24) is 20.2 Å². The average molecular weight is 352 g/mol. The molecule has 2 aromatic rings.